The maximum Gasteiger partial charge on any atom is 0.252 e. The summed E-state index contributed by atoms with van der Waals surface area (Å²) >= 11 is 0. The van der Waals surface area contributed by atoms with Gasteiger partial charge in [0.05, 0.1) is 5.69 Å². The van der Waals surface area contributed by atoms with Gasteiger partial charge in [-0.1, -0.05) is 217 Å². The third kappa shape index (κ3) is 7.16. The number of aryl methyl sites for hydroxylation is 2. The minimum atomic E-state index is -2.98. The van der Waals surface area contributed by atoms with Gasteiger partial charge in [-0.25, -0.2) is 0 Å². The first-order valence-corrected chi connectivity index (χ1v) is 26.0. The van der Waals surface area contributed by atoms with Crippen molar-refractivity contribution in [3.8, 4) is 11.1 Å². The van der Waals surface area contributed by atoms with E-state index < -0.39 is 14.9 Å². The van der Waals surface area contributed by atoms with Gasteiger partial charge in [0.15, 0.2) is 8.07 Å². The first-order chi connectivity index (χ1) is 34.0. The number of anilines is 6. The van der Waals surface area contributed by atoms with E-state index in [0.717, 1.165) is 39.4 Å². The van der Waals surface area contributed by atoms with Gasteiger partial charge in [-0.3, -0.25) is 0 Å². The summed E-state index contributed by atoms with van der Waals surface area (Å²) in [5.41, 5.74) is 16.6. The Morgan fingerprint density at radius 3 is 1.50 bits per heavy atom. The Morgan fingerprint density at radius 1 is 0.412 bits per heavy atom. The molecule has 9 aromatic carbocycles. The molecule has 4 heteroatoms. The lowest BCUT2D eigenvalue weighted by molar-refractivity contribution is 0.590. The zero-order chi connectivity index (χ0) is 49.5. The van der Waals surface area contributed by atoms with E-state index in [0.29, 0.717) is 5.56 Å². The molecule has 332 valence electrons. The molecule has 2 heterocycles. The van der Waals surface area contributed by atoms with Crippen LogP contribution in [-0.2, 0) is 10.8 Å². The molecule has 2 aliphatic heterocycles. The van der Waals surface area contributed by atoms with Crippen molar-refractivity contribution in [2.24, 2.45) is 0 Å². The SMILES string of the molecule is [2H]C([2H])([2H])c1ccc(-c2cc([Si](c3ccccc3)(c3ccccc3)c3ccccc3)ccc2N2c3ccccc3B3c4cc(C(C)(C)C)ccc4N(c4ccc(C(C)(C)C)cc4)c4cc(C)cc2c43)cc1. The van der Waals surface area contributed by atoms with Gasteiger partial charge in [0.2, 0.25) is 0 Å². The second-order valence-corrected chi connectivity index (χ2v) is 24.7. The van der Waals surface area contributed by atoms with Gasteiger partial charge in [0.25, 0.3) is 6.71 Å². The van der Waals surface area contributed by atoms with Crippen LogP contribution in [-0.4, -0.2) is 14.8 Å². The number of hydrogen-bond acceptors (Lipinski definition) is 2. The third-order valence-electron chi connectivity index (χ3n) is 14.5. The number of rotatable bonds is 7. The van der Waals surface area contributed by atoms with Gasteiger partial charge in [-0.05, 0) is 126 Å². The molecule has 0 unspecified atom stereocenters. The molecule has 0 radical (unpaired) electrons. The molecule has 0 bridgehead atoms. The average Bonchev–Trinajstić information content (AvgIpc) is 3.37. The monoisotopic (exact) mass is 897 g/mol. The normalized spacial score (nSPS) is 14.0. The molecule has 0 amide bonds. The van der Waals surface area contributed by atoms with Crippen LogP contribution >= 0.6 is 0 Å². The lowest BCUT2D eigenvalue weighted by Gasteiger charge is -2.45. The molecule has 0 aliphatic carbocycles. The van der Waals surface area contributed by atoms with Crippen LogP contribution in [0.2, 0.25) is 0 Å². The van der Waals surface area contributed by atoms with Gasteiger partial charge in [-0.2, -0.15) is 0 Å². The summed E-state index contributed by atoms with van der Waals surface area (Å²) in [6.45, 7) is 13.7. The molecular formula is C64H59BN2Si. The zero-order valence-electron chi connectivity index (χ0n) is 43.2. The summed E-state index contributed by atoms with van der Waals surface area (Å²) in [6, 6.07) is 78.0. The lowest BCUT2D eigenvalue weighted by Crippen LogP contribution is -2.74. The predicted octanol–water partition coefficient (Wildman–Crippen LogP) is 12.0. The highest BCUT2D eigenvalue weighted by Gasteiger charge is 2.45. The predicted molar refractivity (Wildman–Crippen MR) is 296 cm³/mol. The van der Waals surface area contributed by atoms with Gasteiger partial charge in [0.1, 0.15) is 0 Å². The van der Waals surface area contributed by atoms with Crippen LogP contribution in [0.3, 0.4) is 0 Å². The van der Waals surface area contributed by atoms with Crippen LogP contribution < -0.4 is 46.9 Å². The van der Waals surface area contributed by atoms with E-state index in [4.69, 9.17) is 4.11 Å². The lowest BCUT2D eigenvalue weighted by atomic mass is 9.33. The van der Waals surface area contributed by atoms with E-state index in [1.807, 2.05) is 12.1 Å². The number of nitrogens with zero attached hydrogens (tertiary/aromatic N) is 2. The molecule has 0 spiro atoms. The zero-order valence-corrected chi connectivity index (χ0v) is 41.2. The molecule has 2 nitrogen and oxygen atoms in total. The van der Waals surface area contributed by atoms with Crippen molar-refractivity contribution < 1.29 is 4.11 Å². The quantitative estimate of drug-likeness (QED) is 0.116. The van der Waals surface area contributed by atoms with Gasteiger partial charge in [-0.15, -0.1) is 0 Å². The number of hydrogen-bond donors (Lipinski definition) is 0. The largest absolute Gasteiger partial charge is 0.311 e. The fourth-order valence-electron chi connectivity index (χ4n) is 11.1. The van der Waals surface area contributed by atoms with E-state index in [1.165, 1.54) is 59.6 Å². The summed E-state index contributed by atoms with van der Waals surface area (Å²) in [5.74, 6) is 0. The van der Waals surface area contributed by atoms with E-state index in [2.05, 4.69) is 246 Å². The van der Waals surface area contributed by atoms with Gasteiger partial charge in [0, 0.05) is 38.1 Å². The molecule has 9 aromatic rings. The van der Waals surface area contributed by atoms with Crippen molar-refractivity contribution in [1.29, 1.82) is 0 Å². The first kappa shape index (κ1) is 40.0. The summed E-state index contributed by atoms with van der Waals surface area (Å²) < 4.78 is 25.0. The molecule has 0 aromatic heterocycles. The number of fused-ring (bicyclic) bond motifs is 4. The second kappa shape index (κ2) is 16.6. The molecule has 11 rings (SSSR count). The Labute approximate surface area is 409 Å². The molecule has 0 saturated heterocycles. The standard InChI is InChI=1S/C64H59BN2Si/c1-44-28-30-46(31-29-44)54-43-53(68(50-20-12-9-13-21-50,51-22-14-10-15-23-51)52-24-16-11-17-25-52)37-39-57(54)67-58-27-19-18-26-55(58)65-56-42-48(64(6,7)8)34-38-59(56)66(60-40-45(2)41-61(67)62(60)65)49-35-32-47(33-36-49)63(3,4)5/h9-43H,1-8H3/i1D3. The van der Waals surface area contributed by atoms with Crippen LogP contribution in [0.15, 0.2) is 212 Å². The summed E-state index contributed by atoms with van der Waals surface area (Å²) in [6.07, 6.45) is 0. The smallest absolute Gasteiger partial charge is 0.252 e. The van der Waals surface area contributed by atoms with Crippen LogP contribution in [0.1, 0.15) is 67.9 Å². The van der Waals surface area contributed by atoms with E-state index in [-0.39, 0.29) is 17.5 Å². The fraction of sp³-hybridized carbons (Fsp3) is 0.156. The van der Waals surface area contributed by atoms with Crippen molar-refractivity contribution in [1.82, 2.24) is 0 Å². The van der Waals surface area contributed by atoms with E-state index in [9.17, 15) is 0 Å². The summed E-state index contributed by atoms with van der Waals surface area (Å²) in [7, 11) is -2.98. The van der Waals surface area contributed by atoms with Gasteiger partial charge < -0.3 is 9.80 Å². The van der Waals surface area contributed by atoms with Crippen LogP contribution in [0.5, 0.6) is 0 Å². The van der Waals surface area contributed by atoms with Crippen LogP contribution in [0.4, 0.5) is 34.1 Å². The summed E-state index contributed by atoms with van der Waals surface area (Å²) in [5, 5.41) is 5.10. The summed E-state index contributed by atoms with van der Waals surface area (Å²) in [4.78, 5) is 5.00. The Hall–Kier alpha value is -7.14. The number of benzene rings is 9. The molecule has 0 N–H and O–H groups in total. The molecule has 68 heavy (non-hydrogen) atoms. The molecule has 0 fully saturated rings. The minimum absolute atomic E-state index is 0.0174. The molecular weight excluding hydrogens is 836 g/mol. The molecule has 2 aliphatic rings. The Bertz CT molecular complexity index is 3340. The highest BCUT2D eigenvalue weighted by Crippen LogP contribution is 2.47. The molecule has 0 saturated carbocycles. The first-order valence-electron chi connectivity index (χ1n) is 25.5. The fourth-order valence-corrected chi connectivity index (χ4v) is 15.9. The van der Waals surface area contributed by atoms with Gasteiger partial charge >= 0.3 is 0 Å². The highest BCUT2D eigenvalue weighted by atomic mass is 28.3. The Kier molecular flexibility index (Phi) is 9.74. The third-order valence-corrected chi connectivity index (χ3v) is 19.2. The molecule has 0 atom stereocenters. The van der Waals surface area contributed by atoms with E-state index >= 15 is 0 Å². The van der Waals surface area contributed by atoms with Crippen LogP contribution in [0.25, 0.3) is 11.1 Å². The van der Waals surface area contributed by atoms with Crippen LogP contribution in [0, 0.1) is 13.8 Å². The Morgan fingerprint density at radius 2 is 0.926 bits per heavy atom. The highest BCUT2D eigenvalue weighted by molar-refractivity contribution is 7.20. The number of para-hydroxylation sites is 1. The van der Waals surface area contributed by atoms with Crippen molar-refractivity contribution in [2.45, 2.75) is 66.1 Å². The average molecular weight is 898 g/mol. The van der Waals surface area contributed by atoms with E-state index in [1.54, 1.807) is 12.1 Å². The maximum atomic E-state index is 8.34. The van der Waals surface area contributed by atoms with Crippen molar-refractivity contribution in [3.05, 3.63) is 235 Å². The van der Waals surface area contributed by atoms with Crippen molar-refractivity contribution in [2.75, 3.05) is 9.80 Å². The van der Waals surface area contributed by atoms with Crippen molar-refractivity contribution in [3.63, 3.8) is 0 Å². The minimum Gasteiger partial charge on any atom is -0.311 e. The van der Waals surface area contributed by atoms with Crippen molar-refractivity contribution >= 4 is 86.0 Å². The topological polar surface area (TPSA) is 6.48 Å². The maximum absolute atomic E-state index is 8.34. The second-order valence-electron chi connectivity index (χ2n) is 20.9. The Balaban J connectivity index is 1.22.